The number of aryl methyl sites for hydroxylation is 1. The zero-order valence-electron chi connectivity index (χ0n) is 13.5. The third kappa shape index (κ3) is 4.27. The third-order valence-corrected chi connectivity index (χ3v) is 3.88. The Kier molecular flexibility index (Phi) is 5.45. The SMILES string of the molecule is Cc1nc(/C=C(\C#N)C(=O)Nc2ccc(C(=O)N(C)C)cc2)cs1. The first-order chi connectivity index (χ1) is 11.4. The Labute approximate surface area is 144 Å². The summed E-state index contributed by atoms with van der Waals surface area (Å²) < 4.78 is 0. The normalized spacial score (nSPS) is 10.8. The molecule has 6 nitrogen and oxygen atoms in total. The summed E-state index contributed by atoms with van der Waals surface area (Å²) in [6, 6.07) is 8.37. The van der Waals surface area contributed by atoms with Crippen LogP contribution in [0.15, 0.2) is 35.2 Å². The number of thiazole rings is 1. The van der Waals surface area contributed by atoms with Crippen molar-refractivity contribution in [2.75, 3.05) is 19.4 Å². The minimum atomic E-state index is -0.519. The van der Waals surface area contributed by atoms with Crippen LogP contribution < -0.4 is 5.32 Å². The van der Waals surface area contributed by atoms with Crippen LogP contribution in [0.25, 0.3) is 6.08 Å². The van der Waals surface area contributed by atoms with E-state index in [-0.39, 0.29) is 11.5 Å². The first-order valence-electron chi connectivity index (χ1n) is 7.07. The van der Waals surface area contributed by atoms with Gasteiger partial charge in [-0.3, -0.25) is 9.59 Å². The molecule has 0 saturated heterocycles. The lowest BCUT2D eigenvalue weighted by Crippen LogP contribution is -2.21. The Morgan fingerprint density at radius 1 is 1.29 bits per heavy atom. The molecule has 1 aromatic heterocycles. The van der Waals surface area contributed by atoms with Crippen molar-refractivity contribution in [3.8, 4) is 6.07 Å². The van der Waals surface area contributed by atoms with Crippen molar-refractivity contribution in [1.82, 2.24) is 9.88 Å². The van der Waals surface area contributed by atoms with Crippen LogP contribution in [-0.4, -0.2) is 35.8 Å². The summed E-state index contributed by atoms with van der Waals surface area (Å²) >= 11 is 1.45. The first-order valence-corrected chi connectivity index (χ1v) is 7.95. The summed E-state index contributed by atoms with van der Waals surface area (Å²) in [5, 5.41) is 14.4. The van der Waals surface area contributed by atoms with E-state index in [1.807, 2.05) is 13.0 Å². The molecule has 1 aromatic carbocycles. The van der Waals surface area contributed by atoms with E-state index in [2.05, 4.69) is 10.3 Å². The van der Waals surface area contributed by atoms with Gasteiger partial charge in [-0.15, -0.1) is 11.3 Å². The number of amides is 2. The average Bonchev–Trinajstić information content (AvgIpc) is 2.97. The summed E-state index contributed by atoms with van der Waals surface area (Å²) in [5.74, 6) is -0.640. The lowest BCUT2D eigenvalue weighted by Gasteiger charge is -2.10. The number of carbonyl (C=O) groups excluding carboxylic acids is 2. The predicted octanol–water partition coefficient (Wildman–Crippen LogP) is 2.70. The maximum absolute atomic E-state index is 12.2. The smallest absolute Gasteiger partial charge is 0.266 e. The zero-order chi connectivity index (χ0) is 17.7. The van der Waals surface area contributed by atoms with Crippen LogP contribution in [0.5, 0.6) is 0 Å². The number of rotatable bonds is 4. The molecule has 0 aliphatic heterocycles. The lowest BCUT2D eigenvalue weighted by molar-refractivity contribution is -0.112. The van der Waals surface area contributed by atoms with Crippen molar-refractivity contribution in [3.63, 3.8) is 0 Å². The van der Waals surface area contributed by atoms with Crippen LogP contribution in [0.4, 0.5) is 5.69 Å². The van der Waals surface area contributed by atoms with Crippen LogP contribution in [-0.2, 0) is 4.79 Å². The number of carbonyl (C=O) groups is 2. The number of nitriles is 1. The molecule has 2 aromatic rings. The summed E-state index contributed by atoms with van der Waals surface area (Å²) in [4.78, 5) is 29.7. The molecule has 0 spiro atoms. The van der Waals surface area contributed by atoms with Crippen molar-refractivity contribution >= 4 is 34.9 Å². The van der Waals surface area contributed by atoms with Gasteiger partial charge in [-0.05, 0) is 37.3 Å². The molecule has 0 saturated carbocycles. The van der Waals surface area contributed by atoms with Gasteiger partial charge in [-0.25, -0.2) is 4.98 Å². The van der Waals surface area contributed by atoms with Gasteiger partial charge in [0.1, 0.15) is 11.6 Å². The second-order valence-electron chi connectivity index (χ2n) is 5.19. The van der Waals surface area contributed by atoms with Crippen molar-refractivity contribution in [2.45, 2.75) is 6.92 Å². The van der Waals surface area contributed by atoms with Gasteiger partial charge in [0.15, 0.2) is 0 Å². The van der Waals surface area contributed by atoms with Gasteiger partial charge in [0.05, 0.1) is 10.7 Å². The minimum Gasteiger partial charge on any atom is -0.345 e. The molecule has 7 heteroatoms. The summed E-state index contributed by atoms with van der Waals surface area (Å²) in [6.07, 6.45) is 1.45. The highest BCUT2D eigenvalue weighted by Crippen LogP contribution is 2.15. The van der Waals surface area contributed by atoms with Gasteiger partial charge in [0.2, 0.25) is 0 Å². The molecule has 0 unspecified atom stereocenters. The molecule has 0 fully saturated rings. The van der Waals surface area contributed by atoms with Crippen LogP contribution in [0, 0.1) is 18.3 Å². The molecule has 1 N–H and O–H groups in total. The molecule has 0 aliphatic carbocycles. The quantitative estimate of drug-likeness (QED) is 0.685. The molecular weight excluding hydrogens is 324 g/mol. The Morgan fingerprint density at radius 3 is 2.46 bits per heavy atom. The molecule has 1 heterocycles. The molecule has 2 rings (SSSR count). The van der Waals surface area contributed by atoms with Crippen molar-refractivity contribution < 1.29 is 9.59 Å². The van der Waals surface area contributed by atoms with Gasteiger partial charge in [0.25, 0.3) is 11.8 Å². The van der Waals surface area contributed by atoms with E-state index < -0.39 is 5.91 Å². The van der Waals surface area contributed by atoms with Gasteiger partial charge < -0.3 is 10.2 Å². The third-order valence-electron chi connectivity index (χ3n) is 3.09. The van der Waals surface area contributed by atoms with E-state index in [1.54, 1.807) is 43.7 Å². The fraction of sp³-hybridized carbons (Fsp3) is 0.176. The Balaban J connectivity index is 2.12. The van der Waals surface area contributed by atoms with Crippen molar-refractivity contribution in [2.24, 2.45) is 0 Å². The van der Waals surface area contributed by atoms with Gasteiger partial charge >= 0.3 is 0 Å². The molecule has 0 radical (unpaired) electrons. The Morgan fingerprint density at radius 2 is 1.96 bits per heavy atom. The highest BCUT2D eigenvalue weighted by atomic mass is 32.1. The number of anilines is 1. The number of aromatic nitrogens is 1. The summed E-state index contributed by atoms with van der Waals surface area (Å²) in [5.41, 5.74) is 1.57. The molecule has 24 heavy (non-hydrogen) atoms. The fourth-order valence-electron chi connectivity index (χ4n) is 1.90. The topological polar surface area (TPSA) is 86.1 Å². The Hall–Kier alpha value is -2.98. The van der Waals surface area contributed by atoms with Crippen LogP contribution in [0.3, 0.4) is 0 Å². The van der Waals surface area contributed by atoms with Crippen LogP contribution in [0.1, 0.15) is 21.1 Å². The van der Waals surface area contributed by atoms with Crippen LogP contribution in [0.2, 0.25) is 0 Å². The largest absolute Gasteiger partial charge is 0.345 e. The zero-order valence-corrected chi connectivity index (χ0v) is 14.3. The van der Waals surface area contributed by atoms with E-state index in [9.17, 15) is 9.59 Å². The number of hydrogen-bond donors (Lipinski definition) is 1. The highest BCUT2D eigenvalue weighted by molar-refractivity contribution is 7.09. The van der Waals surface area contributed by atoms with Gasteiger partial charge in [-0.2, -0.15) is 5.26 Å². The number of benzene rings is 1. The van der Waals surface area contributed by atoms with Gasteiger partial charge in [-0.1, -0.05) is 0 Å². The molecular formula is C17H16N4O2S. The fourth-order valence-corrected chi connectivity index (χ4v) is 2.47. The van der Waals surface area contributed by atoms with E-state index in [4.69, 9.17) is 5.26 Å². The average molecular weight is 340 g/mol. The summed E-state index contributed by atoms with van der Waals surface area (Å²) in [7, 11) is 3.34. The maximum Gasteiger partial charge on any atom is 0.266 e. The second-order valence-corrected chi connectivity index (χ2v) is 6.25. The lowest BCUT2D eigenvalue weighted by atomic mass is 10.1. The predicted molar refractivity (Wildman–Crippen MR) is 93.5 cm³/mol. The summed E-state index contributed by atoms with van der Waals surface area (Å²) in [6.45, 7) is 1.85. The number of hydrogen-bond acceptors (Lipinski definition) is 5. The standard InChI is InChI=1S/C17H16N4O2S/c1-11-19-15(10-24-11)8-13(9-18)16(22)20-14-6-4-12(5-7-14)17(23)21(2)3/h4-8,10H,1-3H3,(H,20,22)/b13-8+. The number of nitrogens with one attached hydrogen (secondary N) is 1. The molecule has 0 aliphatic rings. The molecule has 122 valence electrons. The first kappa shape index (κ1) is 17.4. The molecule has 0 atom stereocenters. The van der Waals surface area contributed by atoms with E-state index in [1.165, 1.54) is 22.3 Å². The monoisotopic (exact) mass is 340 g/mol. The van der Waals surface area contributed by atoms with E-state index in [0.29, 0.717) is 16.9 Å². The van der Waals surface area contributed by atoms with Crippen molar-refractivity contribution in [1.29, 1.82) is 5.26 Å². The number of nitrogens with zero attached hydrogens (tertiary/aromatic N) is 3. The maximum atomic E-state index is 12.2. The van der Waals surface area contributed by atoms with Crippen molar-refractivity contribution in [3.05, 3.63) is 51.5 Å². The Bertz CT molecular complexity index is 829. The second kappa shape index (κ2) is 7.53. The molecule has 0 bridgehead atoms. The minimum absolute atomic E-state index is 0.0336. The van der Waals surface area contributed by atoms with E-state index in [0.717, 1.165) is 5.01 Å². The van der Waals surface area contributed by atoms with Gasteiger partial charge in [0, 0.05) is 30.7 Å². The van der Waals surface area contributed by atoms with Crippen LogP contribution >= 0.6 is 11.3 Å². The highest BCUT2D eigenvalue weighted by Gasteiger charge is 2.12. The van der Waals surface area contributed by atoms with E-state index >= 15 is 0 Å². The molecule has 2 amide bonds.